The molecule has 0 saturated heterocycles. The fraction of sp³-hybridized carbons (Fsp3) is 0.500. The SMILES string of the molecule is Cc1nc(COc2ccc(Cl)cc2)sc1C(=O)N(CCN(C)C)CC(=O)OC(C)(C)C. The van der Waals surface area contributed by atoms with Gasteiger partial charge in [0.2, 0.25) is 0 Å². The van der Waals surface area contributed by atoms with Crippen molar-refractivity contribution in [3.63, 3.8) is 0 Å². The lowest BCUT2D eigenvalue weighted by Crippen LogP contribution is -2.42. The van der Waals surface area contributed by atoms with Crippen LogP contribution in [-0.2, 0) is 16.1 Å². The third-order valence-electron chi connectivity index (χ3n) is 4.06. The first-order valence-corrected chi connectivity index (χ1v) is 11.1. The van der Waals surface area contributed by atoms with Crippen molar-refractivity contribution in [2.45, 2.75) is 39.9 Å². The molecule has 0 radical (unpaired) electrons. The molecule has 1 heterocycles. The minimum absolute atomic E-state index is 0.113. The summed E-state index contributed by atoms with van der Waals surface area (Å²) in [5.41, 5.74) is 0.00340. The third kappa shape index (κ3) is 8.47. The average Bonchev–Trinajstić information content (AvgIpc) is 3.03. The maximum atomic E-state index is 13.2. The first-order chi connectivity index (χ1) is 14.4. The van der Waals surface area contributed by atoms with Crippen LogP contribution in [0, 0.1) is 6.92 Å². The van der Waals surface area contributed by atoms with Crippen LogP contribution < -0.4 is 4.74 Å². The lowest BCUT2D eigenvalue weighted by molar-refractivity contribution is -0.155. The number of carbonyl (C=O) groups is 2. The number of ether oxygens (including phenoxy) is 2. The van der Waals surface area contributed by atoms with Crippen molar-refractivity contribution in [3.8, 4) is 5.75 Å². The minimum Gasteiger partial charge on any atom is -0.486 e. The van der Waals surface area contributed by atoms with E-state index in [1.165, 1.54) is 16.2 Å². The van der Waals surface area contributed by atoms with Crippen molar-refractivity contribution in [3.05, 3.63) is 44.9 Å². The van der Waals surface area contributed by atoms with E-state index in [-0.39, 0.29) is 19.1 Å². The minimum atomic E-state index is -0.611. The Bertz CT molecular complexity index is 891. The second kappa shape index (κ2) is 10.9. The Balaban J connectivity index is 2.11. The van der Waals surface area contributed by atoms with Crippen molar-refractivity contribution in [2.24, 2.45) is 0 Å². The molecule has 2 rings (SSSR count). The lowest BCUT2D eigenvalue weighted by atomic mass is 10.2. The highest BCUT2D eigenvalue weighted by molar-refractivity contribution is 7.13. The molecule has 7 nitrogen and oxygen atoms in total. The van der Waals surface area contributed by atoms with E-state index in [0.29, 0.717) is 39.4 Å². The van der Waals surface area contributed by atoms with Crippen molar-refractivity contribution >= 4 is 34.8 Å². The number of aromatic nitrogens is 1. The van der Waals surface area contributed by atoms with Crippen LogP contribution in [0.25, 0.3) is 0 Å². The number of amides is 1. The summed E-state index contributed by atoms with van der Waals surface area (Å²) < 4.78 is 11.1. The molecule has 9 heteroatoms. The molecule has 0 unspecified atom stereocenters. The van der Waals surface area contributed by atoms with Crippen molar-refractivity contribution in [2.75, 3.05) is 33.7 Å². The number of thiazole rings is 1. The van der Waals surface area contributed by atoms with E-state index in [9.17, 15) is 9.59 Å². The van der Waals surface area contributed by atoms with Gasteiger partial charge >= 0.3 is 5.97 Å². The number of benzene rings is 1. The second-order valence-electron chi connectivity index (χ2n) is 8.38. The quantitative estimate of drug-likeness (QED) is 0.518. The zero-order chi connectivity index (χ0) is 23.2. The predicted molar refractivity (Wildman–Crippen MR) is 123 cm³/mol. The van der Waals surface area contributed by atoms with Gasteiger partial charge in [0.05, 0.1) is 5.69 Å². The summed E-state index contributed by atoms with van der Waals surface area (Å²) in [6.45, 7) is 8.35. The summed E-state index contributed by atoms with van der Waals surface area (Å²) in [7, 11) is 3.83. The van der Waals surface area contributed by atoms with Gasteiger partial charge in [-0.2, -0.15) is 0 Å². The van der Waals surface area contributed by atoms with Gasteiger partial charge in [0, 0.05) is 18.1 Å². The van der Waals surface area contributed by atoms with Crippen molar-refractivity contribution in [1.82, 2.24) is 14.8 Å². The number of nitrogens with zero attached hydrogens (tertiary/aromatic N) is 3. The molecular formula is C22H30ClN3O4S. The highest BCUT2D eigenvalue weighted by Crippen LogP contribution is 2.23. The summed E-state index contributed by atoms with van der Waals surface area (Å²) in [5.74, 6) is -0.00353. The van der Waals surface area contributed by atoms with Crippen LogP contribution in [0.1, 0.15) is 41.1 Å². The molecule has 1 amide bonds. The molecule has 1 aromatic heterocycles. The van der Waals surface area contributed by atoms with Gasteiger partial charge in [-0.15, -0.1) is 11.3 Å². The van der Waals surface area contributed by atoms with E-state index in [2.05, 4.69) is 4.98 Å². The molecule has 170 valence electrons. The van der Waals surface area contributed by atoms with Gasteiger partial charge in [-0.3, -0.25) is 9.59 Å². The van der Waals surface area contributed by atoms with Gasteiger partial charge in [-0.1, -0.05) is 11.6 Å². The van der Waals surface area contributed by atoms with Gasteiger partial charge in [-0.05, 0) is 66.1 Å². The molecule has 0 bridgehead atoms. The molecule has 0 saturated carbocycles. The van der Waals surface area contributed by atoms with Gasteiger partial charge in [0.25, 0.3) is 5.91 Å². The average molecular weight is 468 g/mol. The number of hydrogen-bond donors (Lipinski definition) is 0. The first kappa shape index (κ1) is 25.1. The molecular weight excluding hydrogens is 438 g/mol. The van der Waals surface area contributed by atoms with Crippen molar-refractivity contribution < 1.29 is 19.1 Å². The number of rotatable bonds is 9. The number of hydrogen-bond acceptors (Lipinski definition) is 7. The van der Waals surface area contributed by atoms with Crippen LogP contribution in [0.4, 0.5) is 0 Å². The fourth-order valence-electron chi connectivity index (χ4n) is 2.63. The molecule has 0 spiro atoms. The second-order valence-corrected chi connectivity index (χ2v) is 9.90. The molecule has 1 aromatic carbocycles. The topological polar surface area (TPSA) is 72.0 Å². The number of carbonyl (C=O) groups excluding carboxylic acids is 2. The van der Waals surface area contributed by atoms with Gasteiger partial charge in [0.15, 0.2) is 0 Å². The molecule has 0 atom stereocenters. The molecule has 2 aromatic rings. The number of likely N-dealkylation sites (N-methyl/N-ethyl adjacent to an activating group) is 1. The number of esters is 1. The highest BCUT2D eigenvalue weighted by Gasteiger charge is 2.26. The van der Waals surface area contributed by atoms with Gasteiger partial charge in [-0.25, -0.2) is 4.98 Å². The van der Waals surface area contributed by atoms with Crippen LogP contribution in [-0.4, -0.2) is 66.0 Å². The maximum absolute atomic E-state index is 13.2. The molecule has 0 aliphatic carbocycles. The normalized spacial score (nSPS) is 11.5. The molecule has 0 fully saturated rings. The predicted octanol–water partition coefficient (Wildman–Crippen LogP) is 4.03. The zero-order valence-electron chi connectivity index (χ0n) is 18.9. The van der Waals surface area contributed by atoms with Crippen LogP contribution >= 0.6 is 22.9 Å². The van der Waals surface area contributed by atoms with E-state index in [4.69, 9.17) is 21.1 Å². The summed E-state index contributed by atoms with van der Waals surface area (Å²) in [5, 5.41) is 1.31. The fourth-order valence-corrected chi connectivity index (χ4v) is 3.71. The Morgan fingerprint density at radius 3 is 2.35 bits per heavy atom. The van der Waals surface area contributed by atoms with Crippen LogP contribution in [0.2, 0.25) is 5.02 Å². The molecule has 0 aliphatic rings. The van der Waals surface area contributed by atoms with Crippen LogP contribution in [0.3, 0.4) is 0 Å². The summed E-state index contributed by atoms with van der Waals surface area (Å²) in [6, 6.07) is 7.05. The molecule has 31 heavy (non-hydrogen) atoms. The maximum Gasteiger partial charge on any atom is 0.326 e. The van der Waals surface area contributed by atoms with Crippen LogP contribution in [0.5, 0.6) is 5.75 Å². The molecule has 0 N–H and O–H groups in total. The summed E-state index contributed by atoms with van der Waals surface area (Å²) in [4.78, 5) is 34.0. The summed E-state index contributed by atoms with van der Waals surface area (Å²) >= 11 is 7.16. The Labute approximate surface area is 192 Å². The van der Waals surface area contributed by atoms with E-state index < -0.39 is 11.6 Å². The van der Waals surface area contributed by atoms with Gasteiger partial charge < -0.3 is 19.3 Å². The van der Waals surface area contributed by atoms with E-state index >= 15 is 0 Å². The van der Waals surface area contributed by atoms with Crippen LogP contribution in [0.15, 0.2) is 24.3 Å². The monoisotopic (exact) mass is 467 g/mol. The Kier molecular flexibility index (Phi) is 8.85. The van der Waals surface area contributed by atoms with E-state index in [1.54, 1.807) is 52.0 Å². The highest BCUT2D eigenvalue weighted by atomic mass is 35.5. The van der Waals surface area contributed by atoms with E-state index in [1.807, 2.05) is 19.0 Å². The Morgan fingerprint density at radius 1 is 1.13 bits per heavy atom. The third-order valence-corrected chi connectivity index (χ3v) is 5.43. The lowest BCUT2D eigenvalue weighted by Gasteiger charge is -2.26. The molecule has 0 aliphatic heterocycles. The van der Waals surface area contributed by atoms with E-state index in [0.717, 1.165) is 0 Å². The smallest absolute Gasteiger partial charge is 0.326 e. The van der Waals surface area contributed by atoms with Gasteiger partial charge in [0.1, 0.15) is 34.4 Å². The summed E-state index contributed by atoms with van der Waals surface area (Å²) in [6.07, 6.45) is 0. The Morgan fingerprint density at radius 2 is 1.77 bits per heavy atom. The first-order valence-electron chi connectivity index (χ1n) is 9.95. The largest absolute Gasteiger partial charge is 0.486 e. The van der Waals surface area contributed by atoms with Crippen molar-refractivity contribution in [1.29, 1.82) is 0 Å². The Hall–Kier alpha value is -2.16. The standard InChI is InChI=1S/C22H30ClN3O4S/c1-15-20(31-18(24-15)14-29-17-9-7-16(23)8-10-17)21(28)26(12-11-25(5)6)13-19(27)30-22(2,3)4/h7-10H,11-14H2,1-6H3. The zero-order valence-corrected chi connectivity index (χ0v) is 20.5. The number of aryl methyl sites for hydroxylation is 1. The number of halogens is 1.